The van der Waals surface area contributed by atoms with Crippen LogP contribution in [0.15, 0.2) is 29.4 Å². The minimum atomic E-state index is -0.565. The summed E-state index contributed by atoms with van der Waals surface area (Å²) in [6, 6.07) is 7.32. The second-order valence-corrected chi connectivity index (χ2v) is 5.48. The van der Waals surface area contributed by atoms with Gasteiger partial charge >= 0.3 is 6.09 Å². The first kappa shape index (κ1) is 16.0. The molecule has 20 heavy (non-hydrogen) atoms. The van der Waals surface area contributed by atoms with Crippen molar-refractivity contribution in [1.29, 1.82) is 0 Å². The number of carbonyl (C=O) groups excluding carboxylic acids is 1. The molecule has 1 amide bonds. The number of hydrogen-bond acceptors (Lipinski definition) is 4. The highest BCUT2D eigenvalue weighted by Gasteiger charge is 2.14. The minimum Gasteiger partial charge on any atom is -0.497 e. The van der Waals surface area contributed by atoms with Gasteiger partial charge in [-0.3, -0.25) is 0 Å². The zero-order valence-corrected chi connectivity index (χ0v) is 12.7. The fourth-order valence-corrected chi connectivity index (χ4v) is 1.20. The van der Waals surface area contributed by atoms with Gasteiger partial charge in [0.1, 0.15) is 12.4 Å². The van der Waals surface area contributed by atoms with E-state index in [-0.39, 0.29) is 12.0 Å². The number of methoxy groups -OCH3 is 1. The lowest BCUT2D eigenvalue weighted by Crippen LogP contribution is -2.25. The van der Waals surface area contributed by atoms with Crippen molar-refractivity contribution in [1.82, 2.24) is 5.43 Å². The van der Waals surface area contributed by atoms with Crippen molar-refractivity contribution >= 4 is 11.8 Å². The first-order valence-electron chi connectivity index (χ1n) is 6.43. The average molecular weight is 278 g/mol. The lowest BCUT2D eigenvalue weighted by Gasteiger charge is -2.17. The molecule has 0 aliphatic heterocycles. The van der Waals surface area contributed by atoms with Gasteiger partial charge in [0.25, 0.3) is 0 Å². The van der Waals surface area contributed by atoms with Gasteiger partial charge in [0.05, 0.1) is 7.11 Å². The van der Waals surface area contributed by atoms with Gasteiger partial charge < -0.3 is 9.47 Å². The second kappa shape index (κ2) is 6.93. The molecule has 0 aliphatic carbocycles. The van der Waals surface area contributed by atoms with E-state index < -0.39 is 6.09 Å². The number of amides is 1. The largest absolute Gasteiger partial charge is 0.497 e. The van der Waals surface area contributed by atoms with E-state index in [9.17, 15) is 4.79 Å². The molecule has 5 nitrogen and oxygen atoms in total. The Bertz CT molecular complexity index is 473. The van der Waals surface area contributed by atoms with Crippen LogP contribution in [0.4, 0.5) is 4.79 Å². The summed E-state index contributed by atoms with van der Waals surface area (Å²) < 4.78 is 10.1. The SMILES string of the molecule is COc1ccc(COC(=O)N/N=C(\C)C(C)(C)C)cc1. The lowest BCUT2D eigenvalue weighted by molar-refractivity contribution is 0.140. The van der Waals surface area contributed by atoms with Gasteiger partial charge in [0, 0.05) is 11.1 Å². The highest BCUT2D eigenvalue weighted by Crippen LogP contribution is 2.15. The average Bonchev–Trinajstić information content (AvgIpc) is 2.41. The quantitative estimate of drug-likeness (QED) is 0.678. The Morgan fingerprint density at radius 2 is 1.85 bits per heavy atom. The molecule has 1 aromatic rings. The number of rotatable bonds is 4. The maximum absolute atomic E-state index is 11.5. The van der Waals surface area contributed by atoms with Gasteiger partial charge in [-0.25, -0.2) is 10.2 Å². The van der Waals surface area contributed by atoms with Gasteiger partial charge in [0.2, 0.25) is 0 Å². The Balaban J connectivity index is 2.43. The highest BCUT2D eigenvalue weighted by atomic mass is 16.6. The molecular formula is C15H22N2O3. The molecular weight excluding hydrogens is 256 g/mol. The summed E-state index contributed by atoms with van der Waals surface area (Å²) in [6.07, 6.45) is -0.565. The monoisotopic (exact) mass is 278 g/mol. The van der Waals surface area contributed by atoms with E-state index in [0.29, 0.717) is 0 Å². The molecule has 0 bridgehead atoms. The van der Waals surface area contributed by atoms with E-state index >= 15 is 0 Å². The summed E-state index contributed by atoms with van der Waals surface area (Å²) >= 11 is 0. The van der Waals surface area contributed by atoms with Gasteiger partial charge in [-0.05, 0) is 24.6 Å². The number of nitrogens with one attached hydrogen (secondary N) is 1. The maximum atomic E-state index is 11.5. The van der Waals surface area contributed by atoms with E-state index in [1.54, 1.807) is 7.11 Å². The summed E-state index contributed by atoms with van der Waals surface area (Å²) in [5, 5.41) is 4.01. The molecule has 110 valence electrons. The summed E-state index contributed by atoms with van der Waals surface area (Å²) in [7, 11) is 1.61. The third-order valence-electron chi connectivity index (χ3n) is 2.93. The standard InChI is InChI=1S/C15H22N2O3/c1-11(15(2,3)4)16-17-14(18)20-10-12-6-8-13(19-5)9-7-12/h6-9H,10H2,1-5H3,(H,17,18)/b16-11+. The van der Waals surface area contributed by atoms with Crippen molar-refractivity contribution in [2.45, 2.75) is 34.3 Å². The van der Waals surface area contributed by atoms with Crippen LogP contribution in [0.2, 0.25) is 0 Å². The van der Waals surface area contributed by atoms with Crippen molar-refractivity contribution in [3.05, 3.63) is 29.8 Å². The molecule has 0 atom stereocenters. The number of nitrogens with zero attached hydrogens (tertiary/aromatic N) is 1. The smallest absolute Gasteiger partial charge is 0.428 e. The van der Waals surface area contributed by atoms with Crippen molar-refractivity contribution in [3.8, 4) is 5.75 Å². The predicted molar refractivity (Wildman–Crippen MR) is 78.9 cm³/mol. The van der Waals surface area contributed by atoms with Crippen LogP contribution in [-0.4, -0.2) is 18.9 Å². The molecule has 1 N–H and O–H groups in total. The first-order chi connectivity index (χ1) is 9.32. The highest BCUT2D eigenvalue weighted by molar-refractivity contribution is 5.87. The number of hydrazone groups is 1. The van der Waals surface area contributed by atoms with Gasteiger partial charge in [0.15, 0.2) is 0 Å². The number of carbonyl (C=O) groups is 1. The zero-order chi connectivity index (χ0) is 15.2. The normalized spacial score (nSPS) is 11.9. The van der Waals surface area contributed by atoms with E-state index in [1.807, 2.05) is 52.0 Å². The molecule has 0 saturated heterocycles. The molecule has 5 heteroatoms. The van der Waals surface area contributed by atoms with Crippen LogP contribution in [0.1, 0.15) is 33.3 Å². The van der Waals surface area contributed by atoms with E-state index in [2.05, 4.69) is 10.5 Å². The molecule has 0 saturated carbocycles. The molecule has 0 fully saturated rings. The van der Waals surface area contributed by atoms with Crippen molar-refractivity contribution < 1.29 is 14.3 Å². The summed E-state index contributed by atoms with van der Waals surface area (Å²) in [5.74, 6) is 0.767. The van der Waals surface area contributed by atoms with Crippen molar-refractivity contribution in [2.75, 3.05) is 7.11 Å². The van der Waals surface area contributed by atoms with Crippen LogP contribution in [0, 0.1) is 5.41 Å². The molecule has 0 aliphatic rings. The van der Waals surface area contributed by atoms with Crippen molar-refractivity contribution in [3.63, 3.8) is 0 Å². The van der Waals surface area contributed by atoms with Crippen LogP contribution >= 0.6 is 0 Å². The van der Waals surface area contributed by atoms with Crippen LogP contribution in [0.25, 0.3) is 0 Å². The van der Waals surface area contributed by atoms with E-state index in [1.165, 1.54) is 0 Å². The third kappa shape index (κ3) is 5.30. The minimum absolute atomic E-state index is 0.0801. The third-order valence-corrected chi connectivity index (χ3v) is 2.93. The molecule has 0 radical (unpaired) electrons. The molecule has 1 rings (SSSR count). The fraction of sp³-hybridized carbons (Fsp3) is 0.467. The number of ether oxygens (including phenoxy) is 2. The molecule has 1 aromatic carbocycles. The van der Waals surface area contributed by atoms with Crippen LogP contribution in [0.3, 0.4) is 0 Å². The van der Waals surface area contributed by atoms with E-state index in [0.717, 1.165) is 17.0 Å². The first-order valence-corrected chi connectivity index (χ1v) is 6.43. The molecule has 0 heterocycles. The topological polar surface area (TPSA) is 59.9 Å². The Labute approximate surface area is 120 Å². The second-order valence-electron chi connectivity index (χ2n) is 5.48. The molecule has 0 aromatic heterocycles. The lowest BCUT2D eigenvalue weighted by atomic mass is 9.91. The van der Waals surface area contributed by atoms with Crippen molar-refractivity contribution in [2.24, 2.45) is 10.5 Å². The van der Waals surface area contributed by atoms with Crippen LogP contribution in [0.5, 0.6) is 5.75 Å². The summed E-state index contributed by atoms with van der Waals surface area (Å²) in [5.41, 5.74) is 4.02. The summed E-state index contributed by atoms with van der Waals surface area (Å²) in [6.45, 7) is 8.13. The van der Waals surface area contributed by atoms with Crippen LogP contribution < -0.4 is 10.2 Å². The Morgan fingerprint density at radius 1 is 1.25 bits per heavy atom. The van der Waals surface area contributed by atoms with Gasteiger partial charge in [-0.15, -0.1) is 0 Å². The van der Waals surface area contributed by atoms with Gasteiger partial charge in [-0.2, -0.15) is 5.10 Å². The Hall–Kier alpha value is -2.04. The fourth-order valence-electron chi connectivity index (χ4n) is 1.20. The predicted octanol–water partition coefficient (Wildman–Crippen LogP) is 3.34. The maximum Gasteiger partial charge on any atom is 0.428 e. The summed E-state index contributed by atoms with van der Waals surface area (Å²) in [4.78, 5) is 11.5. The Morgan fingerprint density at radius 3 is 2.35 bits per heavy atom. The van der Waals surface area contributed by atoms with Gasteiger partial charge in [-0.1, -0.05) is 32.9 Å². The zero-order valence-electron chi connectivity index (χ0n) is 12.7. The Kier molecular flexibility index (Phi) is 5.55. The van der Waals surface area contributed by atoms with Crippen LogP contribution in [-0.2, 0) is 11.3 Å². The number of hydrogen-bond donors (Lipinski definition) is 1. The molecule has 0 spiro atoms. The van der Waals surface area contributed by atoms with E-state index in [4.69, 9.17) is 9.47 Å². The molecule has 0 unspecified atom stereocenters. The number of benzene rings is 1.